The summed E-state index contributed by atoms with van der Waals surface area (Å²) in [5.74, 6) is -0.315. The van der Waals surface area contributed by atoms with Crippen molar-refractivity contribution in [2.24, 2.45) is 0 Å². The van der Waals surface area contributed by atoms with Gasteiger partial charge in [0.05, 0.1) is 12.9 Å². The van der Waals surface area contributed by atoms with Crippen molar-refractivity contribution in [1.29, 1.82) is 0 Å². The second kappa shape index (κ2) is 5.58. The van der Waals surface area contributed by atoms with Crippen molar-refractivity contribution >= 4 is 27.3 Å². The molecule has 0 unspecified atom stereocenters. The quantitative estimate of drug-likeness (QED) is 0.831. The molecule has 1 aliphatic rings. The summed E-state index contributed by atoms with van der Waals surface area (Å²) in [5.41, 5.74) is 0.982. The van der Waals surface area contributed by atoms with E-state index in [1.807, 2.05) is 0 Å². The van der Waals surface area contributed by atoms with Gasteiger partial charge in [0.1, 0.15) is 4.88 Å². The minimum atomic E-state index is -3.26. The van der Waals surface area contributed by atoms with Crippen LogP contribution in [0.1, 0.15) is 27.0 Å². The zero-order valence-electron chi connectivity index (χ0n) is 10.8. The third-order valence-electron chi connectivity index (χ3n) is 2.64. The average Bonchev–Trinajstić information content (AvgIpc) is 2.70. The second-order valence-electron chi connectivity index (χ2n) is 4.31. The Bertz CT molecular complexity index is 580. The molecule has 2 rings (SSSR count). The molecule has 1 N–H and O–H groups in total. The Morgan fingerprint density at radius 3 is 2.95 bits per heavy atom. The van der Waals surface area contributed by atoms with Gasteiger partial charge in [0, 0.05) is 18.0 Å². The van der Waals surface area contributed by atoms with Crippen LogP contribution in [0.5, 0.6) is 0 Å². The number of ether oxygens (including phenoxy) is 1. The Labute approximate surface area is 116 Å². The number of carbonyl (C=O) groups is 1. The maximum absolute atomic E-state index is 11.6. The smallest absolute Gasteiger partial charge is 0.348 e. The van der Waals surface area contributed by atoms with Gasteiger partial charge < -0.3 is 4.74 Å². The topological polar surface area (TPSA) is 75.7 Å². The minimum absolute atomic E-state index is 0.315. The van der Waals surface area contributed by atoms with Crippen LogP contribution in [0, 0.1) is 0 Å². The number of fused-ring (bicyclic) bond motifs is 1. The summed E-state index contributed by atoms with van der Waals surface area (Å²) < 4.78 is 27.3. The molecular weight excluding hydrogens is 288 g/mol. The summed E-state index contributed by atoms with van der Waals surface area (Å²) in [5, 5.41) is 1.64. The first-order valence-electron chi connectivity index (χ1n) is 5.90. The van der Waals surface area contributed by atoms with Crippen molar-refractivity contribution in [3.05, 3.63) is 21.4 Å². The summed E-state index contributed by atoms with van der Waals surface area (Å²) in [6, 6.07) is 1.79. The molecule has 0 atom stereocenters. The van der Waals surface area contributed by atoms with Gasteiger partial charge in [-0.05, 0) is 25.0 Å². The molecule has 0 aromatic carbocycles. The summed E-state index contributed by atoms with van der Waals surface area (Å²) in [6.07, 6.45) is 1.85. The lowest BCUT2D eigenvalue weighted by atomic mass is 10.1. The zero-order chi connectivity index (χ0) is 14.0. The molecule has 0 aliphatic carbocycles. The molecule has 106 valence electrons. The van der Waals surface area contributed by atoms with Gasteiger partial charge >= 0.3 is 5.97 Å². The fourth-order valence-corrected chi connectivity index (χ4v) is 3.63. The lowest BCUT2D eigenvalue weighted by Gasteiger charge is -2.25. The Morgan fingerprint density at radius 1 is 1.58 bits per heavy atom. The highest BCUT2D eigenvalue weighted by molar-refractivity contribution is 7.88. The monoisotopic (exact) mass is 304 g/mol. The molecule has 0 radical (unpaired) electrons. The zero-order valence-corrected chi connectivity index (χ0v) is 12.4. The van der Waals surface area contributed by atoms with Crippen molar-refractivity contribution < 1.29 is 17.9 Å². The number of sulfonamides is 1. The van der Waals surface area contributed by atoms with E-state index in [1.165, 1.54) is 11.3 Å². The maximum Gasteiger partial charge on any atom is 0.348 e. The molecule has 0 saturated heterocycles. The first-order chi connectivity index (χ1) is 8.89. The number of hydrogen-bond donors (Lipinski definition) is 1. The molecule has 0 saturated carbocycles. The van der Waals surface area contributed by atoms with Crippen molar-refractivity contribution in [2.45, 2.75) is 19.9 Å². The van der Waals surface area contributed by atoms with Crippen LogP contribution in [-0.2, 0) is 27.7 Å². The SMILES string of the molecule is CCOC(=O)c1cc2c(s1)CCN(NS(C)(=O)=O)C2. The van der Waals surface area contributed by atoms with E-state index < -0.39 is 10.0 Å². The molecule has 1 aromatic heterocycles. The highest BCUT2D eigenvalue weighted by Gasteiger charge is 2.23. The minimum Gasteiger partial charge on any atom is -0.462 e. The van der Waals surface area contributed by atoms with E-state index in [-0.39, 0.29) is 5.97 Å². The first-order valence-corrected chi connectivity index (χ1v) is 8.61. The average molecular weight is 304 g/mol. The van der Waals surface area contributed by atoms with E-state index in [0.29, 0.717) is 24.6 Å². The fourth-order valence-electron chi connectivity index (χ4n) is 1.95. The van der Waals surface area contributed by atoms with Crippen molar-refractivity contribution in [1.82, 2.24) is 9.84 Å². The van der Waals surface area contributed by atoms with Crippen LogP contribution in [0.15, 0.2) is 6.07 Å². The van der Waals surface area contributed by atoms with Gasteiger partial charge in [-0.1, -0.05) is 0 Å². The Kier molecular flexibility index (Phi) is 4.24. The summed E-state index contributed by atoms with van der Waals surface area (Å²) in [6.45, 7) is 3.19. The molecule has 0 bridgehead atoms. The van der Waals surface area contributed by atoms with Gasteiger partial charge in [0.2, 0.25) is 10.0 Å². The largest absolute Gasteiger partial charge is 0.462 e. The van der Waals surface area contributed by atoms with E-state index in [1.54, 1.807) is 18.0 Å². The molecule has 6 nitrogen and oxygen atoms in total. The highest BCUT2D eigenvalue weighted by Crippen LogP contribution is 2.28. The van der Waals surface area contributed by atoms with Gasteiger partial charge in [-0.15, -0.1) is 16.2 Å². The van der Waals surface area contributed by atoms with E-state index in [0.717, 1.165) is 23.1 Å². The van der Waals surface area contributed by atoms with E-state index in [4.69, 9.17) is 4.74 Å². The number of thiophene rings is 1. The number of hydrogen-bond acceptors (Lipinski definition) is 6. The van der Waals surface area contributed by atoms with Crippen LogP contribution in [0.2, 0.25) is 0 Å². The first kappa shape index (κ1) is 14.4. The van der Waals surface area contributed by atoms with Gasteiger partial charge in [-0.3, -0.25) is 0 Å². The van der Waals surface area contributed by atoms with E-state index in [9.17, 15) is 13.2 Å². The summed E-state index contributed by atoms with van der Waals surface area (Å²) in [7, 11) is -3.26. The van der Waals surface area contributed by atoms with Crippen LogP contribution < -0.4 is 4.83 Å². The number of nitrogens with zero attached hydrogens (tertiary/aromatic N) is 1. The number of nitrogens with one attached hydrogen (secondary N) is 1. The van der Waals surface area contributed by atoms with Crippen molar-refractivity contribution in [3.8, 4) is 0 Å². The summed E-state index contributed by atoms with van der Waals surface area (Å²) in [4.78, 5) is 15.8. The molecule has 8 heteroatoms. The second-order valence-corrected chi connectivity index (χ2v) is 7.18. The summed E-state index contributed by atoms with van der Waals surface area (Å²) >= 11 is 1.42. The highest BCUT2D eigenvalue weighted by atomic mass is 32.2. The number of rotatable bonds is 4. The van der Waals surface area contributed by atoms with Gasteiger partial charge in [0.25, 0.3) is 0 Å². The predicted octanol–water partition coefficient (Wildman–Crippen LogP) is 0.747. The van der Waals surface area contributed by atoms with Gasteiger partial charge in [0.15, 0.2) is 0 Å². The van der Waals surface area contributed by atoms with E-state index >= 15 is 0 Å². The van der Waals surface area contributed by atoms with Gasteiger partial charge in [-0.2, -0.15) is 0 Å². The normalized spacial score (nSPS) is 16.1. The molecule has 0 amide bonds. The third-order valence-corrected chi connectivity index (χ3v) is 4.45. The maximum atomic E-state index is 11.6. The molecule has 1 aromatic rings. The van der Waals surface area contributed by atoms with Crippen molar-refractivity contribution in [2.75, 3.05) is 19.4 Å². The lowest BCUT2D eigenvalue weighted by Crippen LogP contribution is -2.43. The molecule has 2 heterocycles. The Balaban J connectivity index is 2.11. The number of hydrazine groups is 1. The lowest BCUT2D eigenvalue weighted by molar-refractivity contribution is 0.0532. The molecule has 0 fully saturated rings. The van der Waals surface area contributed by atoms with Crippen LogP contribution in [0.3, 0.4) is 0 Å². The fraction of sp³-hybridized carbons (Fsp3) is 0.545. The Morgan fingerprint density at radius 2 is 2.32 bits per heavy atom. The Hall–Kier alpha value is -0.960. The standard InChI is InChI=1S/C11H16N2O4S2/c1-3-17-11(14)10-6-8-7-13(12-19(2,15)16)5-4-9(8)18-10/h6,12H,3-5,7H2,1-2H3. The van der Waals surface area contributed by atoms with Gasteiger partial charge in [-0.25, -0.2) is 18.2 Å². The molecule has 0 spiro atoms. The molecule has 19 heavy (non-hydrogen) atoms. The number of esters is 1. The van der Waals surface area contributed by atoms with Crippen LogP contribution >= 0.6 is 11.3 Å². The van der Waals surface area contributed by atoms with Crippen LogP contribution in [0.4, 0.5) is 0 Å². The van der Waals surface area contributed by atoms with E-state index in [2.05, 4.69) is 4.83 Å². The molecule has 1 aliphatic heterocycles. The number of carbonyl (C=O) groups excluding carboxylic acids is 1. The van der Waals surface area contributed by atoms with Crippen LogP contribution in [0.25, 0.3) is 0 Å². The third kappa shape index (κ3) is 3.75. The molecular formula is C11H16N2O4S2. The van der Waals surface area contributed by atoms with Crippen molar-refractivity contribution in [3.63, 3.8) is 0 Å². The predicted molar refractivity (Wildman–Crippen MR) is 72.4 cm³/mol. The van der Waals surface area contributed by atoms with Crippen LogP contribution in [-0.4, -0.2) is 38.8 Å².